The van der Waals surface area contributed by atoms with Crippen LogP contribution in [0.1, 0.15) is 20.8 Å². The number of piperazine rings is 2. The molecule has 8 heterocycles. The summed E-state index contributed by atoms with van der Waals surface area (Å²) in [5.74, 6) is 1.96. The molecule has 2 aliphatic rings. The fraction of sp³-hybridized carbons (Fsp3) is 0.377. The molecule has 2 aromatic carbocycles. The van der Waals surface area contributed by atoms with Crippen molar-refractivity contribution in [3.05, 3.63) is 110 Å². The van der Waals surface area contributed by atoms with Crippen LogP contribution in [0.3, 0.4) is 0 Å². The molecule has 6 aromatic heterocycles. The summed E-state index contributed by atoms with van der Waals surface area (Å²) in [4.78, 5) is 55.4. The number of carbonyl (C=O) groups excluding carboxylic acids is 3. The van der Waals surface area contributed by atoms with E-state index in [1.54, 1.807) is 42.7 Å². The van der Waals surface area contributed by atoms with Crippen LogP contribution in [0.25, 0.3) is 55.4 Å². The number of anilines is 2. The maximum atomic E-state index is 12.4. The van der Waals surface area contributed by atoms with Crippen LogP contribution >= 0.6 is 11.6 Å². The van der Waals surface area contributed by atoms with Gasteiger partial charge in [0, 0.05) is 153 Å². The van der Waals surface area contributed by atoms with Gasteiger partial charge in [0.2, 0.25) is 11.8 Å². The topological polar surface area (TPSA) is 177 Å². The highest BCUT2D eigenvalue weighted by molar-refractivity contribution is 6.27. The fourth-order valence-corrected chi connectivity index (χ4v) is 8.64. The summed E-state index contributed by atoms with van der Waals surface area (Å²) in [5, 5.41) is 20.0. The Morgan fingerprint density at radius 3 is 1.43 bits per heavy atom. The van der Waals surface area contributed by atoms with Crippen molar-refractivity contribution in [1.29, 1.82) is 0 Å². The molecule has 388 valence electrons. The molecule has 8 aromatic rings. The highest BCUT2D eigenvalue weighted by atomic mass is 35.5. The van der Waals surface area contributed by atoms with Crippen molar-refractivity contribution in [2.24, 2.45) is 14.1 Å². The number of hydrogen-bond donors (Lipinski definition) is 0. The van der Waals surface area contributed by atoms with E-state index in [-0.39, 0.29) is 23.8 Å². The van der Waals surface area contributed by atoms with E-state index in [0.29, 0.717) is 32.7 Å². The minimum Gasteiger partial charge on any atom is -0.444 e. The van der Waals surface area contributed by atoms with E-state index in [9.17, 15) is 14.4 Å². The van der Waals surface area contributed by atoms with Gasteiger partial charge in [-0.3, -0.25) is 23.9 Å². The number of halogens is 1. The fourth-order valence-electron chi connectivity index (χ4n) is 8.40. The van der Waals surface area contributed by atoms with Crippen LogP contribution < -0.4 is 9.80 Å². The highest BCUT2D eigenvalue weighted by Crippen LogP contribution is 2.29. The van der Waals surface area contributed by atoms with E-state index in [0.717, 1.165) is 93.2 Å². The summed E-state index contributed by atoms with van der Waals surface area (Å²) in [6, 6.07) is 20.7. The number of amides is 3. The number of pyridine rings is 2. The van der Waals surface area contributed by atoms with Gasteiger partial charge in [-0.1, -0.05) is 24.3 Å². The van der Waals surface area contributed by atoms with Crippen LogP contribution in [-0.4, -0.2) is 185 Å². The Balaban J connectivity index is 0.000000175. The molecule has 74 heavy (non-hydrogen) atoms. The number of alkyl halides is 1. The Hall–Kier alpha value is -7.84. The first-order chi connectivity index (χ1) is 35.4. The molecule has 0 saturated carbocycles. The minimum absolute atomic E-state index is 0.0540. The van der Waals surface area contributed by atoms with E-state index in [1.807, 2.05) is 117 Å². The summed E-state index contributed by atoms with van der Waals surface area (Å²) in [5.41, 5.74) is 7.83. The maximum absolute atomic E-state index is 12.4. The van der Waals surface area contributed by atoms with Crippen molar-refractivity contribution in [2.45, 2.75) is 26.4 Å². The third kappa shape index (κ3) is 12.8. The van der Waals surface area contributed by atoms with Gasteiger partial charge in [0.15, 0.2) is 0 Å². The van der Waals surface area contributed by atoms with Gasteiger partial charge in [-0.25, -0.2) is 24.1 Å². The Labute approximate surface area is 436 Å². The molecular formula is C53H65ClN16O4. The van der Waals surface area contributed by atoms with Crippen molar-refractivity contribution >= 4 is 63.0 Å². The second-order valence-corrected chi connectivity index (χ2v) is 19.9. The molecule has 21 heteroatoms. The lowest BCUT2D eigenvalue weighted by atomic mass is 10.1. The molecule has 2 aliphatic heterocycles. The van der Waals surface area contributed by atoms with Gasteiger partial charge in [-0.15, -0.1) is 11.6 Å². The van der Waals surface area contributed by atoms with Crippen molar-refractivity contribution in [3.63, 3.8) is 0 Å². The van der Waals surface area contributed by atoms with Gasteiger partial charge in [-0.2, -0.15) is 20.4 Å². The summed E-state index contributed by atoms with van der Waals surface area (Å²) >= 11 is 5.16. The number of hydrogen-bond acceptors (Lipinski definition) is 13. The lowest BCUT2D eigenvalue weighted by Gasteiger charge is -2.36. The summed E-state index contributed by atoms with van der Waals surface area (Å²) in [6.45, 7) is 12.0. The number of likely N-dealkylation sites (N-methyl/N-ethyl adjacent to an activating group) is 1. The first-order valence-corrected chi connectivity index (χ1v) is 25.0. The molecule has 0 spiro atoms. The Morgan fingerprint density at radius 1 is 0.581 bits per heavy atom. The Bertz CT molecular complexity index is 3210. The summed E-state index contributed by atoms with van der Waals surface area (Å²) in [7, 11) is 10.8. The van der Waals surface area contributed by atoms with Gasteiger partial charge >= 0.3 is 6.09 Å². The molecule has 3 amide bonds. The monoisotopic (exact) mass is 1020 g/mol. The van der Waals surface area contributed by atoms with Gasteiger partial charge in [0.25, 0.3) is 0 Å². The molecular weight excluding hydrogens is 960 g/mol. The smallest absolute Gasteiger partial charge is 0.410 e. The summed E-state index contributed by atoms with van der Waals surface area (Å²) < 4.78 is 13.0. The highest BCUT2D eigenvalue weighted by Gasteiger charge is 2.27. The van der Waals surface area contributed by atoms with Gasteiger partial charge in [0.05, 0.1) is 53.7 Å². The van der Waals surface area contributed by atoms with Gasteiger partial charge in [0.1, 0.15) is 23.1 Å². The second kappa shape index (κ2) is 22.9. The molecule has 0 bridgehead atoms. The van der Waals surface area contributed by atoms with Gasteiger partial charge in [-0.05, 0) is 56.2 Å². The quantitative estimate of drug-likeness (QED) is 0.149. The van der Waals surface area contributed by atoms with Crippen LogP contribution in [-0.2, 0) is 28.4 Å². The molecule has 2 saturated heterocycles. The Morgan fingerprint density at radius 2 is 1.04 bits per heavy atom. The Kier molecular flexibility index (Phi) is 16.3. The third-order valence-corrected chi connectivity index (χ3v) is 12.8. The number of aryl methyl sites for hydroxylation is 2. The second-order valence-electron chi connectivity index (χ2n) is 19.6. The number of ether oxygens (including phenoxy) is 1. The third-order valence-electron chi connectivity index (χ3n) is 12.6. The van der Waals surface area contributed by atoms with Crippen molar-refractivity contribution in [1.82, 2.24) is 68.7 Å². The van der Waals surface area contributed by atoms with Crippen molar-refractivity contribution in [3.8, 4) is 33.6 Å². The van der Waals surface area contributed by atoms with Crippen LogP contribution in [0.5, 0.6) is 0 Å². The molecule has 20 nitrogen and oxygen atoms in total. The molecule has 0 unspecified atom stereocenters. The summed E-state index contributed by atoms with van der Waals surface area (Å²) in [6.07, 6.45) is 14.9. The zero-order valence-electron chi connectivity index (χ0n) is 43.6. The van der Waals surface area contributed by atoms with Crippen LogP contribution in [0.4, 0.5) is 16.4 Å². The van der Waals surface area contributed by atoms with Crippen LogP contribution in [0, 0.1) is 0 Å². The van der Waals surface area contributed by atoms with E-state index < -0.39 is 5.60 Å². The lowest BCUT2D eigenvalue weighted by molar-refractivity contribution is -0.130. The normalized spacial score (nSPS) is 14.1. The SMILES string of the molecule is CN(C)C(=O)CCl.CN(C)C(=O)CN1CCN(c2cc(-n3ncc4ccc(-c5cnn(C)c5)cc43)ccn2)CC1.Cn1cc(-c2ccc3cnn(-c4ccnc(N5CCN(C(=O)OC(C)(C)C)CC5)c4)c3c2)cn1. The number of carbonyl (C=O) groups is 3. The minimum atomic E-state index is -0.493. The van der Waals surface area contributed by atoms with Crippen molar-refractivity contribution < 1.29 is 19.1 Å². The van der Waals surface area contributed by atoms with E-state index >= 15 is 0 Å². The van der Waals surface area contributed by atoms with Crippen molar-refractivity contribution in [2.75, 3.05) is 103 Å². The molecule has 10 rings (SSSR count). The maximum Gasteiger partial charge on any atom is 0.410 e. The molecule has 0 atom stereocenters. The average molecular weight is 1030 g/mol. The molecule has 2 fully saturated rings. The van der Waals surface area contributed by atoms with Gasteiger partial charge < -0.3 is 29.2 Å². The number of benzene rings is 2. The van der Waals surface area contributed by atoms with Crippen LogP contribution in [0.15, 0.2) is 110 Å². The molecule has 0 N–H and O–H groups in total. The lowest BCUT2D eigenvalue weighted by Crippen LogP contribution is -2.50. The number of nitrogens with zero attached hydrogens (tertiary/aromatic N) is 16. The standard InChI is InChI=1S/C25H29N7O2.C24H28N8O.C4H8ClNO/c1-25(2,3)34-24(33)31-11-9-30(10-12-31)23-14-21(7-8-26-23)32-22-13-18(5-6-19(22)15-28-32)20-16-27-29(4)17-20;1-28(2)24(33)17-30-8-10-31(11-9-30)23-13-21(6-7-25-23)32-22-12-18(4-5-19(22)14-27-32)20-15-26-29(3)16-20;1-6(2)4(7)3-5/h5-8,13-17H,9-12H2,1-4H3;4-7,12-16H,8-11,17H2,1-3H3;3H2,1-2H3. The molecule has 0 radical (unpaired) electrons. The van der Waals surface area contributed by atoms with Crippen LogP contribution in [0.2, 0.25) is 0 Å². The zero-order valence-corrected chi connectivity index (χ0v) is 44.4. The predicted octanol–water partition coefficient (Wildman–Crippen LogP) is 6.22. The zero-order chi connectivity index (χ0) is 52.7. The van der Waals surface area contributed by atoms with E-state index in [1.165, 1.54) is 4.90 Å². The predicted molar refractivity (Wildman–Crippen MR) is 289 cm³/mol. The van der Waals surface area contributed by atoms with E-state index in [4.69, 9.17) is 16.3 Å². The number of aromatic nitrogens is 10. The molecule has 0 aliphatic carbocycles. The number of fused-ring (bicyclic) bond motifs is 2. The average Bonchev–Trinajstić information content (AvgIpc) is 4.23. The first-order valence-electron chi connectivity index (χ1n) is 24.5. The largest absolute Gasteiger partial charge is 0.444 e. The van der Waals surface area contributed by atoms with E-state index in [2.05, 4.69) is 87.5 Å². The first kappa shape index (κ1) is 52.5. The number of rotatable bonds is 9.